The van der Waals surface area contributed by atoms with E-state index in [1.165, 1.54) is 18.2 Å². The smallest absolute Gasteiger partial charge is 0.254 e. The zero-order valence-corrected chi connectivity index (χ0v) is 10.7. The van der Waals surface area contributed by atoms with Crippen LogP contribution in [0.5, 0.6) is 0 Å². The Hall–Kier alpha value is -1.42. The number of hydrogen-bond acceptors (Lipinski definition) is 2. The maximum absolute atomic E-state index is 13.0. The molecule has 1 fully saturated rings. The van der Waals surface area contributed by atoms with E-state index >= 15 is 0 Å². The first-order valence-electron chi connectivity index (χ1n) is 6.17. The van der Waals surface area contributed by atoms with Crippen LogP contribution >= 0.6 is 0 Å². The van der Waals surface area contributed by atoms with E-state index < -0.39 is 5.60 Å². The number of halogens is 1. The van der Waals surface area contributed by atoms with E-state index in [1.807, 2.05) is 0 Å². The predicted molar refractivity (Wildman–Crippen MR) is 66.9 cm³/mol. The highest BCUT2D eigenvalue weighted by molar-refractivity contribution is 5.95. The van der Waals surface area contributed by atoms with Gasteiger partial charge in [-0.3, -0.25) is 4.79 Å². The van der Waals surface area contributed by atoms with Crippen molar-refractivity contribution in [3.05, 3.63) is 35.1 Å². The molecule has 1 aliphatic heterocycles. The molecule has 1 N–H and O–H groups in total. The van der Waals surface area contributed by atoms with Gasteiger partial charge in [0.05, 0.1) is 5.60 Å². The van der Waals surface area contributed by atoms with Crippen LogP contribution in [0.4, 0.5) is 4.39 Å². The molecule has 0 atom stereocenters. The fraction of sp³-hybridized carbons (Fsp3) is 0.500. The largest absolute Gasteiger partial charge is 0.390 e. The number of amides is 1. The zero-order chi connectivity index (χ0) is 13.3. The van der Waals surface area contributed by atoms with Gasteiger partial charge in [-0.15, -0.1) is 0 Å². The van der Waals surface area contributed by atoms with Crippen molar-refractivity contribution < 1.29 is 14.3 Å². The van der Waals surface area contributed by atoms with Crippen molar-refractivity contribution >= 4 is 5.91 Å². The number of hydrogen-bond donors (Lipinski definition) is 1. The van der Waals surface area contributed by atoms with Crippen molar-refractivity contribution in [3.8, 4) is 0 Å². The summed E-state index contributed by atoms with van der Waals surface area (Å²) in [7, 11) is 0. The van der Waals surface area contributed by atoms with E-state index in [2.05, 4.69) is 0 Å². The normalized spacial score (nSPS) is 18.8. The summed E-state index contributed by atoms with van der Waals surface area (Å²) in [6.07, 6.45) is 1.16. The number of rotatable bonds is 1. The summed E-state index contributed by atoms with van der Waals surface area (Å²) in [4.78, 5) is 14.0. The van der Waals surface area contributed by atoms with Gasteiger partial charge < -0.3 is 10.0 Å². The van der Waals surface area contributed by atoms with Gasteiger partial charge in [0.15, 0.2) is 0 Å². The third-order valence-electron chi connectivity index (χ3n) is 3.55. The molecule has 1 aromatic rings. The number of carbonyl (C=O) groups excluding carboxylic acids is 1. The minimum Gasteiger partial charge on any atom is -0.390 e. The molecule has 1 heterocycles. The second-order valence-electron chi connectivity index (χ2n) is 5.25. The van der Waals surface area contributed by atoms with Gasteiger partial charge >= 0.3 is 0 Å². The molecule has 0 radical (unpaired) electrons. The maximum Gasteiger partial charge on any atom is 0.254 e. The molecule has 98 valence electrons. The summed E-state index contributed by atoms with van der Waals surface area (Å²) in [6.45, 7) is 4.61. The Balaban J connectivity index is 2.13. The number of carbonyl (C=O) groups is 1. The molecule has 0 aromatic heterocycles. The first-order chi connectivity index (χ1) is 8.39. The predicted octanol–water partition coefficient (Wildman–Crippen LogP) is 2.12. The minimum atomic E-state index is -0.672. The molecular weight excluding hydrogens is 233 g/mol. The maximum atomic E-state index is 13.0. The van der Waals surface area contributed by atoms with Crippen LogP contribution in [0.3, 0.4) is 0 Å². The topological polar surface area (TPSA) is 40.5 Å². The Bertz CT molecular complexity index is 461. The molecule has 1 aromatic carbocycles. The van der Waals surface area contributed by atoms with E-state index in [-0.39, 0.29) is 11.7 Å². The summed E-state index contributed by atoms with van der Waals surface area (Å²) < 4.78 is 13.0. The summed E-state index contributed by atoms with van der Waals surface area (Å²) >= 11 is 0. The molecule has 2 rings (SSSR count). The van der Waals surface area contributed by atoms with Crippen molar-refractivity contribution in [2.24, 2.45) is 0 Å². The molecule has 0 saturated carbocycles. The van der Waals surface area contributed by atoms with E-state index in [9.17, 15) is 14.3 Å². The SMILES string of the molecule is Cc1cc(F)ccc1C(=O)N1CCC(C)(O)CC1. The lowest BCUT2D eigenvalue weighted by Gasteiger charge is -2.36. The molecule has 0 spiro atoms. The van der Waals surface area contributed by atoms with Gasteiger partial charge in [-0.25, -0.2) is 4.39 Å². The second-order valence-corrected chi connectivity index (χ2v) is 5.25. The van der Waals surface area contributed by atoms with Gasteiger partial charge in [0, 0.05) is 18.7 Å². The fourth-order valence-electron chi connectivity index (χ4n) is 2.23. The first kappa shape index (κ1) is 13.0. The van der Waals surface area contributed by atoms with Gasteiger partial charge in [-0.1, -0.05) is 0 Å². The minimum absolute atomic E-state index is 0.0806. The molecule has 0 bridgehead atoms. The summed E-state index contributed by atoms with van der Waals surface area (Å²) in [5, 5.41) is 9.85. The van der Waals surface area contributed by atoms with Crippen LogP contribution in [0.15, 0.2) is 18.2 Å². The molecule has 1 amide bonds. The van der Waals surface area contributed by atoms with E-state index in [0.717, 1.165) is 0 Å². The van der Waals surface area contributed by atoms with Crippen LogP contribution in [0, 0.1) is 12.7 Å². The van der Waals surface area contributed by atoms with Crippen molar-refractivity contribution in [1.82, 2.24) is 4.90 Å². The molecular formula is C14H18FNO2. The lowest BCUT2D eigenvalue weighted by atomic mass is 9.93. The molecule has 0 aliphatic carbocycles. The van der Waals surface area contributed by atoms with E-state index in [0.29, 0.717) is 37.1 Å². The highest BCUT2D eigenvalue weighted by atomic mass is 19.1. The molecule has 1 saturated heterocycles. The van der Waals surface area contributed by atoms with Gasteiger partial charge in [-0.2, -0.15) is 0 Å². The zero-order valence-electron chi connectivity index (χ0n) is 10.7. The van der Waals surface area contributed by atoms with Crippen LogP contribution < -0.4 is 0 Å². The monoisotopic (exact) mass is 251 g/mol. The number of aryl methyl sites for hydroxylation is 1. The van der Waals surface area contributed by atoms with Gasteiger partial charge in [0.25, 0.3) is 5.91 Å². The van der Waals surface area contributed by atoms with Crippen LogP contribution in [0.1, 0.15) is 35.7 Å². The van der Waals surface area contributed by atoms with Crippen LogP contribution in [0.25, 0.3) is 0 Å². The third-order valence-corrected chi connectivity index (χ3v) is 3.55. The fourth-order valence-corrected chi connectivity index (χ4v) is 2.23. The Labute approximate surface area is 106 Å². The van der Waals surface area contributed by atoms with Crippen molar-refractivity contribution in [1.29, 1.82) is 0 Å². The average Bonchev–Trinajstić information content (AvgIpc) is 2.28. The lowest BCUT2D eigenvalue weighted by molar-refractivity contribution is -0.00204. The van der Waals surface area contributed by atoms with Crippen molar-refractivity contribution in [2.45, 2.75) is 32.3 Å². The Morgan fingerprint density at radius 3 is 2.56 bits per heavy atom. The molecule has 18 heavy (non-hydrogen) atoms. The lowest BCUT2D eigenvalue weighted by Crippen LogP contribution is -2.45. The molecule has 3 nitrogen and oxygen atoms in total. The van der Waals surface area contributed by atoms with Crippen LogP contribution in [-0.4, -0.2) is 34.6 Å². The van der Waals surface area contributed by atoms with Crippen molar-refractivity contribution in [2.75, 3.05) is 13.1 Å². The number of likely N-dealkylation sites (tertiary alicyclic amines) is 1. The van der Waals surface area contributed by atoms with Crippen molar-refractivity contribution in [3.63, 3.8) is 0 Å². The number of piperidine rings is 1. The Kier molecular flexibility index (Phi) is 3.39. The van der Waals surface area contributed by atoms with E-state index in [1.54, 1.807) is 18.7 Å². The highest BCUT2D eigenvalue weighted by Crippen LogP contribution is 2.23. The first-order valence-corrected chi connectivity index (χ1v) is 6.17. The number of benzene rings is 1. The summed E-state index contributed by atoms with van der Waals surface area (Å²) in [5.74, 6) is -0.409. The standard InChI is InChI=1S/C14H18FNO2/c1-10-9-11(15)3-4-12(10)13(17)16-7-5-14(2,18)6-8-16/h3-4,9,18H,5-8H2,1-2H3. The van der Waals surface area contributed by atoms with Gasteiger partial charge in [0.2, 0.25) is 0 Å². The number of nitrogens with zero attached hydrogens (tertiary/aromatic N) is 1. The average molecular weight is 251 g/mol. The number of aliphatic hydroxyl groups is 1. The molecule has 1 aliphatic rings. The summed E-state index contributed by atoms with van der Waals surface area (Å²) in [6, 6.07) is 4.20. The van der Waals surface area contributed by atoms with Crippen LogP contribution in [-0.2, 0) is 0 Å². The Morgan fingerprint density at radius 1 is 1.39 bits per heavy atom. The highest BCUT2D eigenvalue weighted by Gasteiger charge is 2.30. The Morgan fingerprint density at radius 2 is 2.00 bits per heavy atom. The third kappa shape index (κ3) is 2.70. The van der Waals surface area contributed by atoms with E-state index in [4.69, 9.17) is 0 Å². The quantitative estimate of drug-likeness (QED) is 0.830. The van der Waals surface area contributed by atoms with Gasteiger partial charge in [-0.05, 0) is 50.5 Å². The molecule has 0 unspecified atom stereocenters. The molecule has 4 heteroatoms. The van der Waals surface area contributed by atoms with Gasteiger partial charge in [0.1, 0.15) is 5.82 Å². The summed E-state index contributed by atoms with van der Waals surface area (Å²) in [5.41, 5.74) is 0.518. The second kappa shape index (κ2) is 4.69. The van der Waals surface area contributed by atoms with Crippen LogP contribution in [0.2, 0.25) is 0 Å².